The van der Waals surface area contributed by atoms with Crippen LogP contribution in [0.3, 0.4) is 0 Å². The SMILES string of the molecule is C=C1OC(=O)OC1C(C)CCC. The molecule has 1 saturated heterocycles. The maximum absolute atomic E-state index is 10.7. The normalized spacial score (nSPS) is 25.0. The van der Waals surface area contributed by atoms with Crippen molar-refractivity contribution in [3.8, 4) is 0 Å². The van der Waals surface area contributed by atoms with Crippen molar-refractivity contribution in [1.82, 2.24) is 0 Å². The predicted molar refractivity (Wildman–Crippen MR) is 44.6 cm³/mol. The molecule has 0 N–H and O–H groups in total. The highest BCUT2D eigenvalue weighted by molar-refractivity contribution is 5.64. The molecule has 1 aliphatic rings. The van der Waals surface area contributed by atoms with Crippen LogP contribution < -0.4 is 0 Å². The van der Waals surface area contributed by atoms with E-state index in [2.05, 4.69) is 18.2 Å². The van der Waals surface area contributed by atoms with Crippen molar-refractivity contribution < 1.29 is 14.3 Å². The lowest BCUT2D eigenvalue weighted by Gasteiger charge is -2.14. The Morgan fingerprint density at radius 3 is 2.75 bits per heavy atom. The molecule has 2 atom stereocenters. The number of hydrogen-bond acceptors (Lipinski definition) is 3. The fraction of sp³-hybridized carbons (Fsp3) is 0.667. The lowest BCUT2D eigenvalue weighted by molar-refractivity contribution is 0.100. The third-order valence-electron chi connectivity index (χ3n) is 2.02. The van der Waals surface area contributed by atoms with Gasteiger partial charge in [0.25, 0.3) is 0 Å². The van der Waals surface area contributed by atoms with Gasteiger partial charge in [0, 0.05) is 5.92 Å². The first-order valence-corrected chi connectivity index (χ1v) is 4.22. The van der Waals surface area contributed by atoms with Gasteiger partial charge in [-0.25, -0.2) is 4.79 Å². The van der Waals surface area contributed by atoms with Crippen molar-refractivity contribution in [2.75, 3.05) is 0 Å². The van der Waals surface area contributed by atoms with E-state index in [1.165, 1.54) is 0 Å². The highest BCUT2D eigenvalue weighted by Crippen LogP contribution is 2.26. The third kappa shape index (κ3) is 1.78. The Morgan fingerprint density at radius 2 is 2.33 bits per heavy atom. The topological polar surface area (TPSA) is 35.5 Å². The minimum absolute atomic E-state index is 0.238. The molecule has 1 heterocycles. The molecule has 2 unspecified atom stereocenters. The van der Waals surface area contributed by atoms with Crippen LogP contribution in [0.4, 0.5) is 4.79 Å². The Kier molecular flexibility index (Phi) is 2.74. The first-order valence-electron chi connectivity index (χ1n) is 4.22. The molecule has 1 fully saturated rings. The molecule has 0 aromatic heterocycles. The van der Waals surface area contributed by atoms with E-state index >= 15 is 0 Å². The summed E-state index contributed by atoms with van der Waals surface area (Å²) in [6.07, 6.45) is 1.23. The maximum atomic E-state index is 10.7. The number of carbonyl (C=O) groups excluding carboxylic acids is 1. The zero-order valence-corrected chi connectivity index (χ0v) is 7.50. The number of rotatable bonds is 3. The first-order chi connectivity index (χ1) is 5.65. The summed E-state index contributed by atoms with van der Waals surface area (Å²) in [6.45, 7) is 7.74. The van der Waals surface area contributed by atoms with Gasteiger partial charge in [0.15, 0.2) is 6.10 Å². The number of hydrogen-bond donors (Lipinski definition) is 0. The summed E-state index contributed by atoms with van der Waals surface area (Å²) in [5.41, 5.74) is 0. The second-order valence-electron chi connectivity index (χ2n) is 3.12. The highest BCUT2D eigenvalue weighted by atomic mass is 16.8. The fourth-order valence-electron chi connectivity index (χ4n) is 1.40. The molecule has 0 bridgehead atoms. The van der Waals surface area contributed by atoms with Gasteiger partial charge in [0.05, 0.1) is 0 Å². The van der Waals surface area contributed by atoms with E-state index in [-0.39, 0.29) is 6.10 Å². The number of carbonyl (C=O) groups is 1. The Labute approximate surface area is 72.4 Å². The second-order valence-corrected chi connectivity index (χ2v) is 3.12. The third-order valence-corrected chi connectivity index (χ3v) is 2.02. The first kappa shape index (κ1) is 9.10. The molecular weight excluding hydrogens is 156 g/mol. The molecule has 0 saturated carbocycles. The van der Waals surface area contributed by atoms with E-state index in [4.69, 9.17) is 4.74 Å². The van der Waals surface area contributed by atoms with Crippen molar-refractivity contribution >= 4 is 6.16 Å². The van der Waals surface area contributed by atoms with Crippen LogP contribution in [0.2, 0.25) is 0 Å². The monoisotopic (exact) mass is 170 g/mol. The Morgan fingerprint density at radius 1 is 1.67 bits per heavy atom. The lowest BCUT2D eigenvalue weighted by atomic mass is 9.98. The predicted octanol–water partition coefficient (Wildman–Crippen LogP) is 2.47. The van der Waals surface area contributed by atoms with Crippen molar-refractivity contribution in [1.29, 1.82) is 0 Å². The summed E-state index contributed by atoms with van der Waals surface area (Å²) >= 11 is 0. The zero-order valence-electron chi connectivity index (χ0n) is 7.50. The van der Waals surface area contributed by atoms with E-state index in [0.29, 0.717) is 11.7 Å². The average molecular weight is 170 g/mol. The molecule has 0 amide bonds. The summed E-state index contributed by atoms with van der Waals surface area (Å²) in [7, 11) is 0. The molecule has 0 spiro atoms. The van der Waals surface area contributed by atoms with Crippen LogP contribution in [0, 0.1) is 5.92 Å². The van der Waals surface area contributed by atoms with Gasteiger partial charge < -0.3 is 9.47 Å². The summed E-state index contributed by atoms with van der Waals surface area (Å²) in [5.74, 6) is 0.745. The van der Waals surface area contributed by atoms with Crippen LogP contribution in [0.1, 0.15) is 26.7 Å². The van der Waals surface area contributed by atoms with Crippen LogP contribution in [0.25, 0.3) is 0 Å². The Bertz CT molecular complexity index is 198. The largest absolute Gasteiger partial charge is 0.514 e. The summed E-state index contributed by atoms with van der Waals surface area (Å²) < 4.78 is 9.61. The van der Waals surface area contributed by atoms with Gasteiger partial charge in [-0.2, -0.15) is 0 Å². The molecule has 3 heteroatoms. The quantitative estimate of drug-likeness (QED) is 0.610. The number of ether oxygens (including phenoxy) is 2. The minimum atomic E-state index is -0.618. The van der Waals surface area contributed by atoms with Crippen LogP contribution in [-0.4, -0.2) is 12.3 Å². The molecule has 68 valence electrons. The van der Waals surface area contributed by atoms with Gasteiger partial charge in [0.2, 0.25) is 0 Å². The van der Waals surface area contributed by atoms with Gasteiger partial charge in [-0.3, -0.25) is 0 Å². The van der Waals surface area contributed by atoms with Crippen molar-refractivity contribution in [3.63, 3.8) is 0 Å². The molecule has 12 heavy (non-hydrogen) atoms. The highest BCUT2D eigenvalue weighted by Gasteiger charge is 2.33. The van der Waals surface area contributed by atoms with Crippen LogP contribution >= 0.6 is 0 Å². The maximum Gasteiger partial charge on any atom is 0.514 e. The molecule has 0 aliphatic carbocycles. The van der Waals surface area contributed by atoms with Crippen molar-refractivity contribution in [3.05, 3.63) is 12.3 Å². The van der Waals surface area contributed by atoms with Gasteiger partial charge in [-0.1, -0.05) is 26.8 Å². The van der Waals surface area contributed by atoms with Gasteiger partial charge >= 0.3 is 6.16 Å². The molecule has 0 aromatic rings. The van der Waals surface area contributed by atoms with E-state index in [9.17, 15) is 4.79 Å². The molecule has 3 nitrogen and oxygen atoms in total. The van der Waals surface area contributed by atoms with Gasteiger partial charge in [0.1, 0.15) is 5.76 Å². The van der Waals surface area contributed by atoms with Gasteiger partial charge in [-0.05, 0) is 6.42 Å². The summed E-state index contributed by atoms with van der Waals surface area (Å²) in [5, 5.41) is 0. The van der Waals surface area contributed by atoms with Crippen LogP contribution in [0.15, 0.2) is 12.3 Å². The molecule has 0 radical (unpaired) electrons. The van der Waals surface area contributed by atoms with E-state index in [1.807, 2.05) is 6.92 Å². The standard InChI is InChI=1S/C9H14O3/c1-4-5-6(2)8-7(3)11-9(10)12-8/h6,8H,3-5H2,1-2H3. The zero-order chi connectivity index (χ0) is 9.14. The second kappa shape index (κ2) is 3.61. The summed E-state index contributed by atoms with van der Waals surface area (Å²) in [6, 6.07) is 0. The number of cyclic esters (lactones) is 2. The summed E-state index contributed by atoms with van der Waals surface area (Å²) in [4.78, 5) is 10.7. The lowest BCUT2D eigenvalue weighted by Crippen LogP contribution is -2.18. The minimum Gasteiger partial charge on any atom is -0.422 e. The van der Waals surface area contributed by atoms with E-state index in [1.54, 1.807) is 0 Å². The van der Waals surface area contributed by atoms with Crippen molar-refractivity contribution in [2.24, 2.45) is 5.92 Å². The fourth-order valence-corrected chi connectivity index (χ4v) is 1.40. The Balaban J connectivity index is 2.51. The van der Waals surface area contributed by atoms with E-state index in [0.717, 1.165) is 12.8 Å². The molecular formula is C9H14O3. The molecule has 1 aliphatic heterocycles. The van der Waals surface area contributed by atoms with Gasteiger partial charge in [-0.15, -0.1) is 0 Å². The Hall–Kier alpha value is -0.990. The van der Waals surface area contributed by atoms with Crippen molar-refractivity contribution in [2.45, 2.75) is 32.8 Å². The average Bonchev–Trinajstić information content (AvgIpc) is 2.30. The van der Waals surface area contributed by atoms with Crippen LogP contribution in [-0.2, 0) is 9.47 Å². The molecule has 1 rings (SSSR count). The van der Waals surface area contributed by atoms with Crippen LogP contribution in [0.5, 0.6) is 0 Å². The smallest absolute Gasteiger partial charge is 0.422 e. The van der Waals surface area contributed by atoms with E-state index < -0.39 is 6.16 Å². The molecule has 0 aromatic carbocycles.